The first kappa shape index (κ1) is 24.2. The van der Waals surface area contributed by atoms with Gasteiger partial charge in [-0.2, -0.15) is 0 Å². The van der Waals surface area contributed by atoms with Crippen LogP contribution in [-0.2, 0) is 14.2 Å². The van der Waals surface area contributed by atoms with Crippen LogP contribution in [0.15, 0.2) is 23.0 Å². The monoisotopic (exact) mass is 497 g/mol. The highest BCUT2D eigenvalue weighted by Crippen LogP contribution is 2.72. The third-order valence-corrected chi connectivity index (χ3v) is 12.3. The van der Waals surface area contributed by atoms with Gasteiger partial charge in [0, 0.05) is 13.0 Å². The molecule has 4 aliphatic carbocycles. The molecule has 0 N–H and O–H groups in total. The molecule has 1 aromatic heterocycles. The highest BCUT2D eigenvalue weighted by Gasteiger charge is 2.68. The fourth-order valence-electron chi connectivity index (χ4n) is 10.5. The number of hydrogen-bond acceptors (Lipinski definition) is 5. The largest absolute Gasteiger partial charge is 0.472 e. The molecular formula is C31H47NO4. The SMILES string of the molecule is C[C@]12C3CC[C@@H]4[C@H]1CC[C@]1(C)C(c5ccoc5)CC(OC2CC(OCCOCCN2CCCC2)C3)[C@@H]41. The molecule has 0 amide bonds. The summed E-state index contributed by atoms with van der Waals surface area (Å²) >= 11 is 0. The van der Waals surface area contributed by atoms with Crippen molar-refractivity contribution in [2.75, 3.05) is 39.5 Å². The van der Waals surface area contributed by atoms with Crippen molar-refractivity contribution in [1.82, 2.24) is 4.90 Å². The summed E-state index contributed by atoms with van der Waals surface area (Å²) in [7, 11) is 0. The minimum atomic E-state index is 0.321. The first-order chi connectivity index (χ1) is 17.6. The summed E-state index contributed by atoms with van der Waals surface area (Å²) in [5.41, 5.74) is 2.07. The lowest BCUT2D eigenvalue weighted by atomic mass is 9.44. The maximum atomic E-state index is 7.28. The van der Waals surface area contributed by atoms with Crippen molar-refractivity contribution in [2.45, 2.75) is 95.9 Å². The molecule has 1 aromatic rings. The quantitative estimate of drug-likeness (QED) is 0.419. The lowest BCUT2D eigenvalue weighted by Crippen LogP contribution is -2.57. The maximum absolute atomic E-state index is 7.28. The predicted octanol–water partition coefficient (Wildman–Crippen LogP) is 5.89. The van der Waals surface area contributed by atoms with Gasteiger partial charge in [-0.25, -0.2) is 0 Å². The highest BCUT2D eigenvalue weighted by atomic mass is 16.5. The predicted molar refractivity (Wildman–Crippen MR) is 139 cm³/mol. The van der Waals surface area contributed by atoms with Crippen LogP contribution in [0.25, 0.3) is 0 Å². The molecule has 5 heteroatoms. The Kier molecular flexibility index (Phi) is 6.31. The number of nitrogens with zero attached hydrogens (tertiary/aromatic N) is 1. The third-order valence-electron chi connectivity index (χ3n) is 12.3. The van der Waals surface area contributed by atoms with E-state index in [0.29, 0.717) is 41.0 Å². The second kappa shape index (κ2) is 9.39. The Labute approximate surface area is 217 Å². The number of rotatable bonds is 8. The number of furan rings is 1. The molecule has 5 unspecified atom stereocenters. The Bertz CT molecular complexity index is 898. The normalized spacial score (nSPS) is 47.7. The van der Waals surface area contributed by atoms with E-state index in [0.717, 1.165) is 57.0 Å². The molecule has 5 nitrogen and oxygen atoms in total. The van der Waals surface area contributed by atoms with Gasteiger partial charge in [-0.05, 0) is 117 Å². The minimum Gasteiger partial charge on any atom is -0.472 e. The summed E-state index contributed by atoms with van der Waals surface area (Å²) in [6.45, 7) is 11.1. The Hall–Kier alpha value is -0.880. The number of hydrogen-bond donors (Lipinski definition) is 0. The zero-order chi connectivity index (χ0) is 24.3. The van der Waals surface area contributed by atoms with Crippen molar-refractivity contribution in [3.8, 4) is 0 Å². The standard InChI is InChI=1S/C31H47NO4/c1-30-9-7-25-24-6-5-22-17-23(35-16-15-33-14-12-32-10-3-4-11-32)18-28(31(22,25)2)36-27(29(24)30)19-26(30)21-8-13-34-20-21/h8,13,20,22-29H,3-7,9-12,14-19H2,1-2H3/t22?,23?,24-,25-,26?,27?,28?,29-,30-,31+/m1/s1. The molecule has 4 bridgehead atoms. The van der Waals surface area contributed by atoms with Crippen molar-refractivity contribution in [3.63, 3.8) is 0 Å². The summed E-state index contributed by atoms with van der Waals surface area (Å²) in [6, 6.07) is 2.21. The van der Waals surface area contributed by atoms with E-state index in [-0.39, 0.29) is 0 Å². The Morgan fingerprint density at radius 3 is 2.75 bits per heavy atom. The van der Waals surface area contributed by atoms with Gasteiger partial charge in [-0.1, -0.05) is 13.8 Å². The summed E-state index contributed by atoms with van der Waals surface area (Å²) < 4.78 is 25.3. The summed E-state index contributed by atoms with van der Waals surface area (Å²) in [5, 5.41) is 0. The van der Waals surface area contributed by atoms with E-state index in [2.05, 4.69) is 24.8 Å². The molecule has 4 saturated carbocycles. The highest BCUT2D eigenvalue weighted by molar-refractivity contribution is 5.25. The molecule has 3 heterocycles. The van der Waals surface area contributed by atoms with Crippen molar-refractivity contribution in [1.29, 1.82) is 0 Å². The van der Waals surface area contributed by atoms with Gasteiger partial charge in [0.05, 0.1) is 50.7 Å². The van der Waals surface area contributed by atoms with Crippen molar-refractivity contribution in [2.24, 2.45) is 34.5 Å². The van der Waals surface area contributed by atoms with Gasteiger partial charge in [0.1, 0.15) is 0 Å². The van der Waals surface area contributed by atoms with E-state index in [9.17, 15) is 0 Å². The van der Waals surface area contributed by atoms with Crippen LogP contribution in [0.2, 0.25) is 0 Å². The number of ether oxygens (including phenoxy) is 3. The molecule has 36 heavy (non-hydrogen) atoms. The van der Waals surface area contributed by atoms with Gasteiger partial charge < -0.3 is 23.5 Å². The van der Waals surface area contributed by atoms with Crippen LogP contribution in [0.3, 0.4) is 0 Å². The Morgan fingerprint density at radius 1 is 1.03 bits per heavy atom. The average molecular weight is 498 g/mol. The lowest BCUT2D eigenvalue weighted by molar-refractivity contribution is -0.178. The van der Waals surface area contributed by atoms with Crippen LogP contribution in [0.4, 0.5) is 0 Å². The second-order valence-corrected chi connectivity index (χ2v) is 13.6. The van der Waals surface area contributed by atoms with Crippen LogP contribution in [0.1, 0.15) is 83.1 Å². The van der Waals surface area contributed by atoms with E-state index in [1.165, 1.54) is 63.6 Å². The zero-order valence-electron chi connectivity index (χ0n) is 22.5. The lowest BCUT2D eigenvalue weighted by Gasteiger charge is -2.60. The Balaban J connectivity index is 1.03. The average Bonchev–Trinajstić information content (AvgIpc) is 3.62. The van der Waals surface area contributed by atoms with Crippen molar-refractivity contribution >= 4 is 0 Å². The van der Waals surface area contributed by atoms with E-state index in [1.54, 1.807) is 0 Å². The van der Waals surface area contributed by atoms with E-state index in [4.69, 9.17) is 18.6 Å². The molecule has 2 aliphatic heterocycles. The van der Waals surface area contributed by atoms with Gasteiger partial charge in [-0.3, -0.25) is 0 Å². The van der Waals surface area contributed by atoms with Crippen LogP contribution in [0, 0.1) is 34.5 Å². The fourth-order valence-corrected chi connectivity index (χ4v) is 10.5. The number of likely N-dealkylation sites (tertiary alicyclic amines) is 1. The van der Waals surface area contributed by atoms with Gasteiger partial charge in [-0.15, -0.1) is 0 Å². The van der Waals surface area contributed by atoms with Crippen LogP contribution in [0.5, 0.6) is 0 Å². The van der Waals surface area contributed by atoms with E-state index >= 15 is 0 Å². The van der Waals surface area contributed by atoms with Crippen LogP contribution < -0.4 is 0 Å². The van der Waals surface area contributed by atoms with Crippen LogP contribution in [-0.4, -0.2) is 62.7 Å². The fraction of sp³-hybridized carbons (Fsp3) is 0.871. The van der Waals surface area contributed by atoms with Gasteiger partial charge in [0.15, 0.2) is 0 Å². The van der Waals surface area contributed by atoms with Crippen molar-refractivity contribution < 1.29 is 18.6 Å². The molecule has 0 radical (unpaired) electrons. The molecule has 0 spiro atoms. The smallest absolute Gasteiger partial charge is 0.0937 e. The summed E-state index contributed by atoms with van der Waals surface area (Å²) in [5.74, 6) is 3.66. The first-order valence-corrected chi connectivity index (χ1v) is 15.2. The molecule has 7 rings (SSSR count). The van der Waals surface area contributed by atoms with Crippen LogP contribution >= 0.6 is 0 Å². The molecule has 200 valence electrons. The van der Waals surface area contributed by atoms with Gasteiger partial charge >= 0.3 is 0 Å². The summed E-state index contributed by atoms with van der Waals surface area (Å²) in [6.07, 6.45) is 16.5. The van der Waals surface area contributed by atoms with E-state index in [1.807, 2.05) is 12.5 Å². The molecule has 10 atom stereocenters. The minimum absolute atomic E-state index is 0.321. The van der Waals surface area contributed by atoms with Gasteiger partial charge in [0.2, 0.25) is 0 Å². The maximum Gasteiger partial charge on any atom is 0.0937 e. The molecule has 2 saturated heterocycles. The topological polar surface area (TPSA) is 44.1 Å². The first-order valence-electron chi connectivity index (χ1n) is 15.2. The van der Waals surface area contributed by atoms with Gasteiger partial charge in [0.25, 0.3) is 0 Å². The Morgan fingerprint density at radius 2 is 1.92 bits per heavy atom. The second-order valence-electron chi connectivity index (χ2n) is 13.6. The molecule has 6 aliphatic rings. The van der Waals surface area contributed by atoms with E-state index < -0.39 is 0 Å². The molecule has 0 aromatic carbocycles. The molecule has 6 fully saturated rings. The zero-order valence-corrected chi connectivity index (χ0v) is 22.5. The van der Waals surface area contributed by atoms with Crippen molar-refractivity contribution in [3.05, 3.63) is 24.2 Å². The summed E-state index contributed by atoms with van der Waals surface area (Å²) in [4.78, 5) is 2.52. The third kappa shape index (κ3) is 3.78. The molecular weight excluding hydrogens is 450 g/mol.